The Morgan fingerprint density at radius 1 is 1.18 bits per heavy atom. The Balaban J connectivity index is 1.55. The van der Waals surface area contributed by atoms with Crippen molar-refractivity contribution in [3.63, 3.8) is 0 Å². The number of hydrogen-bond donors (Lipinski definition) is 2. The van der Waals surface area contributed by atoms with E-state index in [1.165, 1.54) is 6.08 Å². The van der Waals surface area contributed by atoms with Crippen molar-refractivity contribution in [1.82, 2.24) is 10.0 Å². The van der Waals surface area contributed by atoms with Gasteiger partial charge >= 0.3 is 0 Å². The normalized spacial score (nSPS) is 14.2. The van der Waals surface area contributed by atoms with E-state index in [4.69, 9.17) is 4.74 Å². The number of hydrogen-bond acceptors (Lipinski definition) is 4. The Morgan fingerprint density at radius 2 is 1.89 bits per heavy atom. The van der Waals surface area contributed by atoms with Crippen LogP contribution in [-0.4, -0.2) is 27.5 Å². The van der Waals surface area contributed by atoms with Crippen molar-refractivity contribution in [3.8, 4) is 5.75 Å². The molecule has 0 bridgehead atoms. The summed E-state index contributed by atoms with van der Waals surface area (Å²) in [5, 5.41) is 2.82. The minimum absolute atomic E-state index is 0.0711. The SMILES string of the molecule is COc1cc(CNC(=O)/C=C/c2ccc(S(=O)(=O)NC3CC3)cc2)ccc1C. The first kappa shape index (κ1) is 20.1. The largest absolute Gasteiger partial charge is 0.496 e. The molecule has 6 nitrogen and oxygen atoms in total. The van der Waals surface area contributed by atoms with Crippen LogP contribution in [0.15, 0.2) is 53.4 Å². The van der Waals surface area contributed by atoms with Crippen LogP contribution in [0.1, 0.15) is 29.5 Å². The summed E-state index contributed by atoms with van der Waals surface area (Å²) in [6, 6.07) is 12.3. The number of aryl methyl sites for hydroxylation is 1. The van der Waals surface area contributed by atoms with Crippen molar-refractivity contribution in [2.24, 2.45) is 0 Å². The molecule has 2 aromatic carbocycles. The number of sulfonamides is 1. The van der Waals surface area contributed by atoms with Crippen molar-refractivity contribution in [2.75, 3.05) is 7.11 Å². The molecule has 0 aromatic heterocycles. The lowest BCUT2D eigenvalue weighted by Crippen LogP contribution is -2.25. The number of carbonyl (C=O) groups is 1. The van der Waals surface area contributed by atoms with Crippen molar-refractivity contribution < 1.29 is 17.9 Å². The van der Waals surface area contributed by atoms with Crippen LogP contribution in [0.3, 0.4) is 0 Å². The number of rotatable bonds is 8. The van der Waals surface area contributed by atoms with Crippen molar-refractivity contribution in [3.05, 3.63) is 65.2 Å². The maximum Gasteiger partial charge on any atom is 0.244 e. The highest BCUT2D eigenvalue weighted by molar-refractivity contribution is 7.89. The predicted octanol–water partition coefficient (Wildman–Crippen LogP) is 2.77. The van der Waals surface area contributed by atoms with Crippen molar-refractivity contribution >= 4 is 22.0 Å². The molecule has 0 radical (unpaired) electrons. The number of carbonyl (C=O) groups excluding carboxylic acids is 1. The van der Waals surface area contributed by atoms with Gasteiger partial charge in [-0.25, -0.2) is 13.1 Å². The van der Waals surface area contributed by atoms with Crippen LogP contribution in [0, 0.1) is 6.92 Å². The van der Waals surface area contributed by atoms with Crippen molar-refractivity contribution in [2.45, 2.75) is 37.2 Å². The van der Waals surface area contributed by atoms with Crippen LogP contribution >= 0.6 is 0 Å². The first-order valence-electron chi connectivity index (χ1n) is 9.09. The second kappa shape index (κ2) is 8.58. The summed E-state index contributed by atoms with van der Waals surface area (Å²) in [5.74, 6) is 0.556. The molecule has 1 aliphatic rings. The third kappa shape index (κ3) is 5.43. The fourth-order valence-electron chi connectivity index (χ4n) is 2.64. The summed E-state index contributed by atoms with van der Waals surface area (Å²) in [4.78, 5) is 12.3. The smallest absolute Gasteiger partial charge is 0.244 e. The van der Waals surface area contributed by atoms with Gasteiger partial charge in [0.25, 0.3) is 0 Å². The molecule has 0 unspecified atom stereocenters. The summed E-state index contributed by atoms with van der Waals surface area (Å²) in [7, 11) is -1.84. The second-order valence-electron chi connectivity index (χ2n) is 6.82. The minimum atomic E-state index is -3.46. The van der Waals surface area contributed by atoms with E-state index < -0.39 is 10.0 Å². The Morgan fingerprint density at radius 3 is 2.54 bits per heavy atom. The van der Waals surface area contributed by atoms with Gasteiger partial charge in [0.1, 0.15) is 5.75 Å². The van der Waals surface area contributed by atoms with Gasteiger partial charge < -0.3 is 10.1 Å². The van der Waals surface area contributed by atoms with Gasteiger partial charge in [-0.2, -0.15) is 0 Å². The Hall–Kier alpha value is -2.64. The highest BCUT2D eigenvalue weighted by Crippen LogP contribution is 2.22. The number of ether oxygens (including phenoxy) is 1. The molecule has 1 fully saturated rings. The standard InChI is InChI=1S/C21H24N2O4S/c1-15-3-4-17(13-20(15)27-2)14-22-21(24)12-7-16-5-10-19(11-6-16)28(25,26)23-18-8-9-18/h3-7,10-13,18,23H,8-9,14H2,1-2H3,(H,22,24)/b12-7+. The number of benzene rings is 2. The van der Waals surface area contributed by atoms with Crippen LogP contribution in [-0.2, 0) is 21.4 Å². The molecule has 2 N–H and O–H groups in total. The zero-order valence-electron chi connectivity index (χ0n) is 15.9. The Labute approximate surface area is 165 Å². The third-order valence-corrected chi connectivity index (χ3v) is 5.99. The number of methoxy groups -OCH3 is 1. The maximum atomic E-state index is 12.1. The molecule has 1 saturated carbocycles. The quantitative estimate of drug-likeness (QED) is 0.668. The lowest BCUT2D eigenvalue weighted by atomic mass is 10.1. The topological polar surface area (TPSA) is 84.5 Å². The highest BCUT2D eigenvalue weighted by Gasteiger charge is 2.27. The zero-order valence-corrected chi connectivity index (χ0v) is 16.8. The minimum Gasteiger partial charge on any atom is -0.496 e. The lowest BCUT2D eigenvalue weighted by molar-refractivity contribution is -0.116. The molecule has 28 heavy (non-hydrogen) atoms. The first-order valence-corrected chi connectivity index (χ1v) is 10.6. The number of nitrogens with one attached hydrogen (secondary N) is 2. The Bertz CT molecular complexity index is 978. The fraction of sp³-hybridized carbons (Fsp3) is 0.286. The highest BCUT2D eigenvalue weighted by atomic mass is 32.2. The van der Waals surface area contributed by atoms with Gasteiger partial charge in [0, 0.05) is 18.7 Å². The molecule has 0 saturated heterocycles. The monoisotopic (exact) mass is 400 g/mol. The molecule has 2 aromatic rings. The summed E-state index contributed by atoms with van der Waals surface area (Å²) in [6.45, 7) is 2.35. The van der Waals surface area contributed by atoms with E-state index in [0.717, 1.165) is 35.3 Å². The molecule has 3 rings (SSSR count). The van der Waals surface area contributed by atoms with Crippen LogP contribution in [0.4, 0.5) is 0 Å². The average molecular weight is 401 g/mol. The lowest BCUT2D eigenvalue weighted by Gasteiger charge is -2.08. The van der Waals surface area contributed by atoms with Crippen LogP contribution in [0.25, 0.3) is 6.08 Å². The maximum absolute atomic E-state index is 12.1. The second-order valence-corrected chi connectivity index (χ2v) is 8.53. The number of amides is 1. The summed E-state index contributed by atoms with van der Waals surface area (Å²) in [5.41, 5.74) is 2.73. The van der Waals surface area contributed by atoms with Gasteiger partial charge in [-0.1, -0.05) is 24.3 Å². The fourth-order valence-corrected chi connectivity index (χ4v) is 3.95. The third-order valence-electron chi connectivity index (χ3n) is 4.46. The molecule has 0 aliphatic heterocycles. The van der Waals surface area contributed by atoms with E-state index in [1.807, 2.05) is 25.1 Å². The van der Waals surface area contributed by atoms with E-state index in [2.05, 4.69) is 10.0 Å². The van der Waals surface area contributed by atoms with Crippen molar-refractivity contribution in [1.29, 1.82) is 0 Å². The van der Waals surface area contributed by atoms with E-state index in [1.54, 1.807) is 37.5 Å². The van der Waals surface area contributed by atoms with Gasteiger partial charge in [0.05, 0.1) is 12.0 Å². The molecular weight excluding hydrogens is 376 g/mol. The van der Waals surface area contributed by atoms with Gasteiger partial charge in [0.15, 0.2) is 0 Å². The van der Waals surface area contributed by atoms with Crippen LogP contribution in [0.5, 0.6) is 5.75 Å². The van der Waals surface area contributed by atoms with E-state index in [0.29, 0.717) is 6.54 Å². The van der Waals surface area contributed by atoms with E-state index in [-0.39, 0.29) is 16.8 Å². The first-order chi connectivity index (χ1) is 13.4. The Kier molecular flexibility index (Phi) is 6.16. The molecule has 7 heteroatoms. The van der Waals surface area contributed by atoms with Gasteiger partial charge in [-0.3, -0.25) is 4.79 Å². The zero-order chi connectivity index (χ0) is 20.1. The molecule has 1 amide bonds. The van der Waals surface area contributed by atoms with Gasteiger partial charge in [0.2, 0.25) is 15.9 Å². The van der Waals surface area contributed by atoms with Crippen LogP contribution < -0.4 is 14.8 Å². The molecule has 0 heterocycles. The predicted molar refractivity (Wildman–Crippen MR) is 108 cm³/mol. The van der Waals surface area contributed by atoms with Crippen LogP contribution in [0.2, 0.25) is 0 Å². The van der Waals surface area contributed by atoms with Gasteiger partial charge in [-0.15, -0.1) is 0 Å². The van der Waals surface area contributed by atoms with E-state index in [9.17, 15) is 13.2 Å². The summed E-state index contributed by atoms with van der Waals surface area (Å²) >= 11 is 0. The van der Waals surface area contributed by atoms with Gasteiger partial charge in [-0.05, 0) is 60.7 Å². The summed E-state index contributed by atoms with van der Waals surface area (Å²) in [6.07, 6.45) is 4.86. The summed E-state index contributed by atoms with van der Waals surface area (Å²) < 4.78 is 32.2. The molecule has 148 valence electrons. The average Bonchev–Trinajstić information content (AvgIpc) is 3.49. The molecule has 0 spiro atoms. The molecule has 1 aliphatic carbocycles. The molecular formula is C21H24N2O4S. The molecule has 0 atom stereocenters. The van der Waals surface area contributed by atoms with E-state index >= 15 is 0 Å².